The van der Waals surface area contributed by atoms with Gasteiger partial charge in [-0.25, -0.2) is 12.8 Å². The van der Waals surface area contributed by atoms with E-state index in [9.17, 15) is 39.9 Å². The van der Waals surface area contributed by atoms with E-state index in [1.54, 1.807) is 31.3 Å². The van der Waals surface area contributed by atoms with Crippen LogP contribution in [0.5, 0.6) is 5.75 Å². The molecule has 228 valence electrons. The number of aromatic hydroxyl groups is 1. The molecule has 0 saturated carbocycles. The van der Waals surface area contributed by atoms with Crippen LogP contribution in [-0.2, 0) is 16.3 Å². The number of hydrogen-bond acceptors (Lipinski definition) is 4. The fourth-order valence-electron chi connectivity index (χ4n) is 5.13. The van der Waals surface area contributed by atoms with E-state index in [1.807, 2.05) is 11.0 Å². The van der Waals surface area contributed by atoms with Crippen molar-refractivity contribution in [3.63, 3.8) is 0 Å². The minimum Gasteiger partial charge on any atom is -0.508 e. The van der Waals surface area contributed by atoms with Crippen molar-refractivity contribution >= 4 is 21.0 Å². The topological polar surface area (TPSA) is 57.6 Å². The maximum atomic E-state index is 13.6. The van der Waals surface area contributed by atoms with Gasteiger partial charge in [-0.3, -0.25) is 0 Å². The fraction of sp³-hybridized carbons (Fsp3) is 0.533. The highest BCUT2D eigenvalue weighted by Gasteiger charge is 2.56. The van der Waals surface area contributed by atoms with Crippen LogP contribution in [0.25, 0.3) is 11.1 Å². The van der Waals surface area contributed by atoms with Crippen LogP contribution in [0.15, 0.2) is 42.5 Å². The number of halogens is 6. The number of rotatable bonds is 14. The Labute approximate surface area is 238 Å². The van der Waals surface area contributed by atoms with E-state index in [1.165, 1.54) is 23.3 Å². The lowest BCUT2D eigenvalue weighted by molar-refractivity contribution is -0.284. The standard InChI is InChI=1S/C30H37F6NO3S/c1-37(18-20-41(39,40)19-6-16-29(32,33)30(34,35)36)17-4-2-3-8-28-26(22-10-12-24(31)13-11-22)9-5-7-23-21-25(38)14-15-27(23)28/h10-15,21,38H,2-9,16-20H2,1H3. The second kappa shape index (κ2) is 14.1. The van der Waals surface area contributed by atoms with Crippen molar-refractivity contribution in [2.24, 2.45) is 0 Å². The predicted molar refractivity (Wildman–Crippen MR) is 149 cm³/mol. The number of benzene rings is 2. The number of hydrogen-bond donors (Lipinski definition) is 1. The summed E-state index contributed by atoms with van der Waals surface area (Å²) in [6.07, 6.45) is -2.12. The first-order valence-corrected chi connectivity index (χ1v) is 15.6. The Balaban J connectivity index is 1.51. The number of alkyl halides is 5. The molecule has 0 spiro atoms. The molecular formula is C30H37F6NO3S. The highest BCUT2D eigenvalue weighted by Crippen LogP contribution is 2.40. The molecule has 0 aliphatic heterocycles. The van der Waals surface area contributed by atoms with Crippen molar-refractivity contribution in [2.75, 3.05) is 31.6 Å². The van der Waals surface area contributed by atoms with Crippen LogP contribution in [0.3, 0.4) is 0 Å². The summed E-state index contributed by atoms with van der Waals surface area (Å²) >= 11 is 0. The van der Waals surface area contributed by atoms with Crippen molar-refractivity contribution < 1.29 is 39.9 Å². The van der Waals surface area contributed by atoms with Gasteiger partial charge in [-0.15, -0.1) is 0 Å². The molecule has 4 nitrogen and oxygen atoms in total. The number of phenolic OH excluding ortho intramolecular Hbond substituents is 1. The van der Waals surface area contributed by atoms with Crippen molar-refractivity contribution in [3.05, 3.63) is 65.0 Å². The zero-order valence-corrected chi connectivity index (χ0v) is 23.9. The molecule has 1 N–H and O–H groups in total. The smallest absolute Gasteiger partial charge is 0.453 e. The predicted octanol–water partition coefficient (Wildman–Crippen LogP) is 7.66. The molecule has 0 atom stereocenters. The zero-order chi connectivity index (χ0) is 30.3. The molecule has 0 aromatic heterocycles. The molecule has 1 aliphatic rings. The minimum absolute atomic E-state index is 0.161. The van der Waals surface area contributed by atoms with Gasteiger partial charge in [0.05, 0.1) is 11.5 Å². The van der Waals surface area contributed by atoms with E-state index < -0.39 is 40.5 Å². The third kappa shape index (κ3) is 9.77. The van der Waals surface area contributed by atoms with Gasteiger partial charge in [-0.1, -0.05) is 24.6 Å². The molecule has 0 saturated heterocycles. The van der Waals surface area contributed by atoms with E-state index in [4.69, 9.17) is 0 Å². The van der Waals surface area contributed by atoms with Crippen molar-refractivity contribution in [1.29, 1.82) is 0 Å². The maximum absolute atomic E-state index is 13.6. The Morgan fingerprint density at radius 3 is 2.27 bits per heavy atom. The van der Waals surface area contributed by atoms with Gasteiger partial charge in [0.25, 0.3) is 0 Å². The normalized spacial score (nSPS) is 14.8. The van der Waals surface area contributed by atoms with E-state index >= 15 is 0 Å². The Kier molecular flexibility index (Phi) is 11.3. The average molecular weight is 606 g/mol. The van der Waals surface area contributed by atoms with Crippen molar-refractivity contribution in [2.45, 2.75) is 69.9 Å². The number of sulfone groups is 1. The Morgan fingerprint density at radius 1 is 0.878 bits per heavy atom. The minimum atomic E-state index is -5.68. The molecule has 0 fully saturated rings. The van der Waals surface area contributed by atoms with Gasteiger partial charge in [0.15, 0.2) is 9.84 Å². The summed E-state index contributed by atoms with van der Waals surface area (Å²) in [5, 5.41) is 10.0. The Hall–Kier alpha value is -2.53. The van der Waals surface area contributed by atoms with Gasteiger partial charge in [-0.05, 0) is 111 Å². The maximum Gasteiger partial charge on any atom is 0.453 e. The summed E-state index contributed by atoms with van der Waals surface area (Å²) in [7, 11) is -2.01. The second-order valence-electron chi connectivity index (χ2n) is 10.7. The van der Waals surface area contributed by atoms with Crippen molar-refractivity contribution in [1.82, 2.24) is 4.90 Å². The molecule has 0 heterocycles. The zero-order valence-electron chi connectivity index (χ0n) is 23.1. The van der Waals surface area contributed by atoms with Crippen LogP contribution in [0.2, 0.25) is 0 Å². The second-order valence-corrected chi connectivity index (χ2v) is 13.0. The Morgan fingerprint density at radius 2 is 1.59 bits per heavy atom. The highest BCUT2D eigenvalue weighted by molar-refractivity contribution is 7.91. The van der Waals surface area contributed by atoms with E-state index in [0.717, 1.165) is 61.6 Å². The van der Waals surface area contributed by atoms with Crippen LogP contribution >= 0.6 is 0 Å². The largest absolute Gasteiger partial charge is 0.508 e. The first-order chi connectivity index (χ1) is 19.2. The lowest BCUT2D eigenvalue weighted by Gasteiger charge is -2.20. The highest BCUT2D eigenvalue weighted by atomic mass is 32.2. The molecule has 2 aromatic carbocycles. The molecule has 0 radical (unpaired) electrons. The van der Waals surface area contributed by atoms with Crippen LogP contribution in [0.1, 0.15) is 68.1 Å². The molecule has 0 unspecified atom stereocenters. The molecule has 11 heteroatoms. The summed E-state index contributed by atoms with van der Waals surface area (Å²) in [5.74, 6) is -5.99. The summed E-state index contributed by atoms with van der Waals surface area (Å²) in [6.45, 7) is 0.769. The molecular weight excluding hydrogens is 568 g/mol. The SMILES string of the molecule is CN(CCCCCC1=C(c2ccc(F)cc2)CCCc2cc(O)ccc21)CCS(=O)(=O)CCCC(F)(F)C(F)(F)F. The first kappa shape index (κ1) is 33.0. The van der Waals surface area contributed by atoms with Gasteiger partial charge in [0, 0.05) is 13.0 Å². The number of unbranched alkanes of at least 4 members (excludes halogenated alkanes) is 2. The lowest BCUT2D eigenvalue weighted by atomic mass is 9.89. The molecule has 0 amide bonds. The summed E-state index contributed by atoms with van der Waals surface area (Å²) < 4.78 is 101. The first-order valence-electron chi connectivity index (χ1n) is 13.8. The number of allylic oxidation sites excluding steroid dienone is 2. The third-order valence-corrected chi connectivity index (χ3v) is 9.17. The Bertz CT molecular complexity index is 1290. The van der Waals surface area contributed by atoms with Crippen LogP contribution in [-0.4, -0.2) is 62.2 Å². The van der Waals surface area contributed by atoms with Crippen LogP contribution in [0.4, 0.5) is 26.3 Å². The third-order valence-electron chi connectivity index (χ3n) is 7.46. The van der Waals surface area contributed by atoms with Crippen LogP contribution in [0, 0.1) is 5.82 Å². The number of fused-ring (bicyclic) bond motifs is 1. The van der Waals surface area contributed by atoms with Gasteiger partial charge in [0.1, 0.15) is 11.6 Å². The molecule has 3 rings (SSSR count). The molecule has 1 aliphatic carbocycles. The number of phenols is 1. The van der Waals surface area contributed by atoms with E-state index in [-0.39, 0.29) is 23.9 Å². The van der Waals surface area contributed by atoms with Crippen LogP contribution < -0.4 is 0 Å². The molecule has 41 heavy (non-hydrogen) atoms. The quantitative estimate of drug-likeness (QED) is 0.177. The van der Waals surface area contributed by atoms with Gasteiger partial charge in [-0.2, -0.15) is 22.0 Å². The van der Waals surface area contributed by atoms with E-state index in [0.29, 0.717) is 6.54 Å². The number of nitrogens with zero attached hydrogens (tertiary/aromatic N) is 1. The lowest BCUT2D eigenvalue weighted by Crippen LogP contribution is -2.36. The van der Waals surface area contributed by atoms with Gasteiger partial charge >= 0.3 is 12.1 Å². The summed E-state index contributed by atoms with van der Waals surface area (Å²) in [4.78, 5) is 1.81. The van der Waals surface area contributed by atoms with Gasteiger partial charge < -0.3 is 10.0 Å². The number of aryl methyl sites for hydroxylation is 1. The monoisotopic (exact) mass is 605 g/mol. The fourth-order valence-corrected chi connectivity index (χ4v) is 6.51. The summed E-state index contributed by atoms with van der Waals surface area (Å²) in [6, 6.07) is 11.9. The molecule has 0 bridgehead atoms. The average Bonchev–Trinajstić information content (AvgIpc) is 3.06. The molecule has 2 aromatic rings. The summed E-state index contributed by atoms with van der Waals surface area (Å²) in [5.41, 5.74) is 5.50. The van der Waals surface area contributed by atoms with Gasteiger partial charge in [0.2, 0.25) is 0 Å². The van der Waals surface area contributed by atoms with Crippen molar-refractivity contribution in [3.8, 4) is 5.75 Å². The van der Waals surface area contributed by atoms with E-state index in [2.05, 4.69) is 0 Å².